The second-order valence-electron chi connectivity index (χ2n) is 4.76. The van der Waals surface area contributed by atoms with Gasteiger partial charge in [-0.2, -0.15) is 13.2 Å². The fourth-order valence-electron chi connectivity index (χ4n) is 1.65. The molecule has 2 aromatic rings. The number of thiazole rings is 1. The SMILES string of the molecule is CC(C)NCc1ccc(-c2cnc(C(F)(F)F)s2)cc1. The Morgan fingerprint density at radius 1 is 1.20 bits per heavy atom. The maximum absolute atomic E-state index is 12.5. The van der Waals surface area contributed by atoms with Crippen molar-refractivity contribution in [2.75, 3.05) is 0 Å². The van der Waals surface area contributed by atoms with Crippen LogP contribution in [0, 0.1) is 0 Å². The molecule has 0 atom stereocenters. The lowest BCUT2D eigenvalue weighted by Gasteiger charge is -2.08. The molecule has 0 spiro atoms. The number of rotatable bonds is 4. The Morgan fingerprint density at radius 3 is 2.35 bits per heavy atom. The summed E-state index contributed by atoms with van der Waals surface area (Å²) in [6, 6.07) is 7.87. The molecule has 0 amide bonds. The molecule has 108 valence electrons. The van der Waals surface area contributed by atoms with Crippen molar-refractivity contribution < 1.29 is 13.2 Å². The predicted octanol–water partition coefficient (Wildman–Crippen LogP) is 4.33. The number of alkyl halides is 3. The third-order valence-corrected chi connectivity index (χ3v) is 3.79. The number of nitrogens with one attached hydrogen (secondary N) is 1. The summed E-state index contributed by atoms with van der Waals surface area (Å²) in [6.07, 6.45) is -3.10. The summed E-state index contributed by atoms with van der Waals surface area (Å²) in [6.45, 7) is 4.86. The Labute approximate surface area is 119 Å². The Kier molecular flexibility index (Phi) is 4.45. The van der Waals surface area contributed by atoms with Crippen LogP contribution in [-0.4, -0.2) is 11.0 Å². The largest absolute Gasteiger partial charge is 0.443 e. The molecule has 6 heteroatoms. The Morgan fingerprint density at radius 2 is 1.85 bits per heavy atom. The second-order valence-corrected chi connectivity index (χ2v) is 5.79. The smallest absolute Gasteiger partial charge is 0.310 e. The summed E-state index contributed by atoms with van der Waals surface area (Å²) in [5.41, 5.74) is 1.86. The first kappa shape index (κ1) is 15.0. The zero-order valence-corrected chi connectivity index (χ0v) is 12.0. The van der Waals surface area contributed by atoms with Gasteiger partial charge in [-0.1, -0.05) is 38.1 Å². The molecule has 1 aromatic heterocycles. The molecule has 0 aliphatic carbocycles. The van der Waals surface area contributed by atoms with Crippen molar-refractivity contribution in [3.8, 4) is 10.4 Å². The van der Waals surface area contributed by atoms with E-state index in [9.17, 15) is 13.2 Å². The maximum Gasteiger partial charge on any atom is 0.443 e. The number of hydrogen-bond donors (Lipinski definition) is 1. The van der Waals surface area contributed by atoms with E-state index in [1.54, 1.807) is 0 Å². The molecule has 0 fully saturated rings. The van der Waals surface area contributed by atoms with E-state index in [-0.39, 0.29) is 0 Å². The van der Waals surface area contributed by atoms with E-state index < -0.39 is 11.2 Å². The van der Waals surface area contributed by atoms with E-state index in [1.165, 1.54) is 6.20 Å². The monoisotopic (exact) mass is 300 g/mol. The van der Waals surface area contributed by atoms with Gasteiger partial charge in [0.2, 0.25) is 0 Å². The third kappa shape index (κ3) is 3.80. The average molecular weight is 300 g/mol. The van der Waals surface area contributed by atoms with Gasteiger partial charge in [-0.25, -0.2) is 4.98 Å². The normalized spacial score (nSPS) is 12.1. The Bertz CT molecular complexity index is 559. The highest BCUT2D eigenvalue weighted by Gasteiger charge is 2.34. The topological polar surface area (TPSA) is 24.9 Å². The zero-order chi connectivity index (χ0) is 14.8. The fraction of sp³-hybridized carbons (Fsp3) is 0.357. The van der Waals surface area contributed by atoms with E-state index in [0.717, 1.165) is 17.7 Å². The van der Waals surface area contributed by atoms with Crippen LogP contribution in [0.4, 0.5) is 13.2 Å². The molecular weight excluding hydrogens is 285 g/mol. The van der Waals surface area contributed by atoms with Crippen molar-refractivity contribution in [1.29, 1.82) is 0 Å². The van der Waals surface area contributed by atoms with Gasteiger partial charge in [-0.3, -0.25) is 0 Å². The molecule has 0 saturated heterocycles. The third-order valence-electron chi connectivity index (χ3n) is 2.70. The van der Waals surface area contributed by atoms with Crippen molar-refractivity contribution in [1.82, 2.24) is 10.3 Å². The molecule has 1 aromatic carbocycles. The first-order valence-electron chi connectivity index (χ1n) is 6.22. The molecule has 20 heavy (non-hydrogen) atoms. The van der Waals surface area contributed by atoms with E-state index in [1.807, 2.05) is 24.3 Å². The van der Waals surface area contributed by atoms with Crippen molar-refractivity contribution in [3.05, 3.63) is 41.0 Å². The number of nitrogens with zero attached hydrogens (tertiary/aromatic N) is 1. The zero-order valence-electron chi connectivity index (χ0n) is 11.2. The quantitative estimate of drug-likeness (QED) is 0.909. The van der Waals surface area contributed by atoms with Crippen LogP contribution >= 0.6 is 11.3 Å². The van der Waals surface area contributed by atoms with E-state index in [2.05, 4.69) is 24.1 Å². The Hall–Kier alpha value is -1.40. The lowest BCUT2D eigenvalue weighted by molar-refractivity contribution is -0.137. The second kappa shape index (κ2) is 5.93. The lowest BCUT2D eigenvalue weighted by atomic mass is 10.1. The average Bonchev–Trinajstić information content (AvgIpc) is 2.86. The van der Waals surface area contributed by atoms with Crippen molar-refractivity contribution in [3.63, 3.8) is 0 Å². The van der Waals surface area contributed by atoms with Crippen molar-refractivity contribution in [2.24, 2.45) is 0 Å². The van der Waals surface area contributed by atoms with Gasteiger partial charge in [0, 0.05) is 18.8 Å². The summed E-state index contributed by atoms with van der Waals surface area (Å²) in [5, 5.41) is 2.48. The first-order valence-corrected chi connectivity index (χ1v) is 7.03. The van der Waals surface area contributed by atoms with Gasteiger partial charge in [0.05, 0.1) is 4.88 Å². The van der Waals surface area contributed by atoms with Crippen LogP contribution in [0.2, 0.25) is 0 Å². The van der Waals surface area contributed by atoms with Gasteiger partial charge >= 0.3 is 6.18 Å². The standard InChI is InChI=1S/C14H15F3N2S/c1-9(2)18-7-10-3-5-11(6-4-10)12-8-19-13(20-12)14(15,16)17/h3-6,8-9,18H,7H2,1-2H3. The molecule has 2 rings (SSSR count). The van der Waals surface area contributed by atoms with Gasteiger partial charge < -0.3 is 5.32 Å². The lowest BCUT2D eigenvalue weighted by Crippen LogP contribution is -2.21. The summed E-state index contributed by atoms with van der Waals surface area (Å²) in [4.78, 5) is 3.96. The van der Waals surface area contributed by atoms with Crippen LogP contribution in [0.25, 0.3) is 10.4 Å². The van der Waals surface area contributed by atoms with E-state index >= 15 is 0 Å². The predicted molar refractivity (Wildman–Crippen MR) is 74.5 cm³/mol. The van der Waals surface area contributed by atoms with Gasteiger partial charge in [-0.05, 0) is 11.1 Å². The first-order chi connectivity index (χ1) is 9.36. The molecule has 2 nitrogen and oxygen atoms in total. The van der Waals surface area contributed by atoms with Crippen LogP contribution in [0.5, 0.6) is 0 Å². The Balaban J connectivity index is 2.12. The molecule has 1 heterocycles. The number of hydrogen-bond acceptors (Lipinski definition) is 3. The van der Waals surface area contributed by atoms with Crippen LogP contribution in [0.15, 0.2) is 30.5 Å². The highest BCUT2D eigenvalue weighted by Crippen LogP contribution is 2.36. The van der Waals surface area contributed by atoms with E-state index in [4.69, 9.17) is 0 Å². The molecule has 0 saturated carbocycles. The van der Waals surface area contributed by atoms with Gasteiger partial charge in [0.25, 0.3) is 0 Å². The minimum atomic E-state index is -4.37. The van der Waals surface area contributed by atoms with Gasteiger partial charge in [-0.15, -0.1) is 11.3 Å². The van der Waals surface area contributed by atoms with Crippen LogP contribution < -0.4 is 5.32 Å². The molecule has 0 aliphatic rings. The van der Waals surface area contributed by atoms with Gasteiger partial charge in [0.15, 0.2) is 5.01 Å². The fourth-order valence-corrected chi connectivity index (χ4v) is 2.44. The van der Waals surface area contributed by atoms with E-state index in [0.29, 0.717) is 22.3 Å². The summed E-state index contributed by atoms with van der Waals surface area (Å²) < 4.78 is 37.5. The molecular formula is C14H15F3N2S. The molecule has 0 unspecified atom stereocenters. The van der Waals surface area contributed by atoms with Crippen LogP contribution in [-0.2, 0) is 12.7 Å². The number of halogens is 3. The van der Waals surface area contributed by atoms with Gasteiger partial charge in [0.1, 0.15) is 0 Å². The molecule has 0 aliphatic heterocycles. The highest BCUT2D eigenvalue weighted by molar-refractivity contribution is 7.15. The number of benzene rings is 1. The van der Waals surface area contributed by atoms with Crippen molar-refractivity contribution >= 4 is 11.3 Å². The minimum absolute atomic E-state index is 0.394. The molecule has 0 bridgehead atoms. The number of aromatic nitrogens is 1. The highest BCUT2D eigenvalue weighted by atomic mass is 32.1. The summed E-state index contributed by atoms with van der Waals surface area (Å²) >= 11 is 0.665. The maximum atomic E-state index is 12.5. The molecule has 0 radical (unpaired) electrons. The van der Waals surface area contributed by atoms with Crippen molar-refractivity contribution in [2.45, 2.75) is 32.6 Å². The minimum Gasteiger partial charge on any atom is -0.310 e. The molecule has 1 N–H and O–H groups in total. The van der Waals surface area contributed by atoms with Crippen LogP contribution in [0.1, 0.15) is 24.4 Å². The summed E-state index contributed by atoms with van der Waals surface area (Å²) in [5.74, 6) is 0. The van der Waals surface area contributed by atoms with Crippen LogP contribution in [0.3, 0.4) is 0 Å². The summed E-state index contributed by atoms with van der Waals surface area (Å²) in [7, 11) is 0.